The van der Waals surface area contributed by atoms with Crippen molar-refractivity contribution in [1.29, 1.82) is 0 Å². The van der Waals surface area contributed by atoms with Gasteiger partial charge in [-0.15, -0.1) is 11.8 Å². The number of rotatable bonds is 7. The van der Waals surface area contributed by atoms with E-state index in [1.807, 2.05) is 50.2 Å². The van der Waals surface area contributed by atoms with Crippen molar-refractivity contribution in [2.24, 2.45) is 0 Å². The van der Waals surface area contributed by atoms with Crippen molar-refractivity contribution in [3.8, 4) is 5.75 Å². The number of ether oxygens (including phenoxy) is 1. The van der Waals surface area contributed by atoms with Gasteiger partial charge in [-0.05, 0) is 44.2 Å². The number of hydrogen-bond acceptors (Lipinski definition) is 4. The lowest BCUT2D eigenvalue weighted by molar-refractivity contribution is 0.0930. The summed E-state index contributed by atoms with van der Waals surface area (Å²) in [6.07, 6.45) is 0. The van der Waals surface area contributed by atoms with Crippen LogP contribution in [0, 0.1) is 6.92 Å². The fourth-order valence-corrected chi connectivity index (χ4v) is 3.39. The summed E-state index contributed by atoms with van der Waals surface area (Å²) in [5, 5.41) is 3.84. The average Bonchev–Trinajstić information content (AvgIpc) is 2.96. The number of benzene rings is 2. The maximum Gasteiger partial charge on any atom is 0.287 e. The van der Waals surface area contributed by atoms with E-state index in [0.29, 0.717) is 24.5 Å². The highest BCUT2D eigenvalue weighted by Crippen LogP contribution is 2.29. The van der Waals surface area contributed by atoms with E-state index in [1.54, 1.807) is 11.8 Å². The van der Waals surface area contributed by atoms with Crippen LogP contribution < -0.4 is 10.1 Å². The second-order valence-corrected chi connectivity index (χ2v) is 6.73. The molecule has 0 unspecified atom stereocenters. The molecule has 1 aromatic heterocycles. The Morgan fingerprint density at radius 2 is 2.00 bits per heavy atom. The van der Waals surface area contributed by atoms with E-state index in [-0.39, 0.29) is 5.91 Å². The maximum absolute atomic E-state index is 12.4. The lowest BCUT2D eigenvalue weighted by Gasteiger charge is -2.04. The molecule has 0 saturated heterocycles. The van der Waals surface area contributed by atoms with Crippen molar-refractivity contribution in [2.45, 2.75) is 18.7 Å². The first-order chi connectivity index (χ1) is 12.2. The summed E-state index contributed by atoms with van der Waals surface area (Å²) >= 11 is 1.71. The first-order valence-electron chi connectivity index (χ1n) is 8.31. The highest BCUT2D eigenvalue weighted by molar-refractivity contribution is 7.99. The summed E-state index contributed by atoms with van der Waals surface area (Å²) in [5.41, 5.74) is 1.54. The van der Waals surface area contributed by atoms with Crippen LogP contribution in [0.25, 0.3) is 11.0 Å². The SMILES string of the molecule is CCOc1ccc2oc(C(=O)NCCSc3ccccc3)c(C)c2c1. The number of carbonyl (C=O) groups is 1. The minimum atomic E-state index is -0.180. The van der Waals surface area contributed by atoms with Crippen LogP contribution in [0.2, 0.25) is 0 Å². The van der Waals surface area contributed by atoms with Gasteiger partial charge in [-0.25, -0.2) is 0 Å². The summed E-state index contributed by atoms with van der Waals surface area (Å²) in [4.78, 5) is 13.6. The molecule has 4 nitrogen and oxygen atoms in total. The van der Waals surface area contributed by atoms with Gasteiger partial charge in [-0.2, -0.15) is 0 Å². The average molecular weight is 355 g/mol. The molecular formula is C20H21NO3S. The quantitative estimate of drug-likeness (QED) is 0.495. The van der Waals surface area contributed by atoms with Gasteiger partial charge in [-0.3, -0.25) is 4.79 Å². The molecule has 0 aliphatic rings. The van der Waals surface area contributed by atoms with E-state index in [9.17, 15) is 4.79 Å². The summed E-state index contributed by atoms with van der Waals surface area (Å²) < 4.78 is 11.2. The van der Waals surface area contributed by atoms with Gasteiger partial charge in [0, 0.05) is 28.1 Å². The fourth-order valence-electron chi connectivity index (χ4n) is 2.60. The van der Waals surface area contributed by atoms with E-state index in [2.05, 4.69) is 17.4 Å². The predicted molar refractivity (Wildman–Crippen MR) is 102 cm³/mol. The van der Waals surface area contributed by atoms with E-state index >= 15 is 0 Å². The fraction of sp³-hybridized carbons (Fsp3) is 0.250. The standard InChI is InChI=1S/C20H21NO3S/c1-3-23-15-9-10-18-17(13-15)14(2)19(24-18)20(22)21-11-12-25-16-7-5-4-6-8-16/h4-10,13H,3,11-12H2,1-2H3,(H,21,22). The molecule has 3 aromatic rings. The molecule has 0 saturated carbocycles. The Labute approximate surface area is 151 Å². The number of hydrogen-bond donors (Lipinski definition) is 1. The number of fused-ring (bicyclic) bond motifs is 1. The largest absolute Gasteiger partial charge is 0.494 e. The molecule has 130 valence electrons. The van der Waals surface area contributed by atoms with Crippen molar-refractivity contribution < 1.29 is 13.9 Å². The minimum absolute atomic E-state index is 0.180. The van der Waals surface area contributed by atoms with E-state index in [0.717, 1.165) is 22.5 Å². The highest BCUT2D eigenvalue weighted by atomic mass is 32.2. The minimum Gasteiger partial charge on any atom is -0.494 e. The number of amides is 1. The third kappa shape index (κ3) is 4.17. The summed E-state index contributed by atoms with van der Waals surface area (Å²) in [6, 6.07) is 15.7. The van der Waals surface area contributed by atoms with Gasteiger partial charge in [0.1, 0.15) is 11.3 Å². The Morgan fingerprint density at radius 3 is 2.76 bits per heavy atom. The van der Waals surface area contributed by atoms with Crippen molar-refractivity contribution in [3.05, 3.63) is 59.9 Å². The third-order valence-electron chi connectivity index (χ3n) is 3.82. The molecular weight excluding hydrogens is 334 g/mol. The number of furan rings is 1. The van der Waals surface area contributed by atoms with Gasteiger partial charge in [0.25, 0.3) is 5.91 Å². The Morgan fingerprint density at radius 1 is 1.20 bits per heavy atom. The Hall–Kier alpha value is -2.40. The van der Waals surface area contributed by atoms with E-state index in [1.165, 1.54) is 4.90 Å². The molecule has 0 atom stereocenters. The van der Waals surface area contributed by atoms with Crippen molar-refractivity contribution in [2.75, 3.05) is 18.9 Å². The summed E-state index contributed by atoms with van der Waals surface area (Å²) in [6.45, 7) is 5.03. The second kappa shape index (κ2) is 8.12. The summed E-state index contributed by atoms with van der Waals surface area (Å²) in [7, 11) is 0. The summed E-state index contributed by atoms with van der Waals surface area (Å²) in [5.74, 6) is 1.78. The number of thioether (sulfide) groups is 1. The zero-order valence-corrected chi connectivity index (χ0v) is 15.2. The van der Waals surface area contributed by atoms with Gasteiger partial charge in [-0.1, -0.05) is 18.2 Å². The van der Waals surface area contributed by atoms with Crippen LogP contribution in [0.15, 0.2) is 57.8 Å². The zero-order valence-electron chi connectivity index (χ0n) is 14.4. The van der Waals surface area contributed by atoms with E-state index in [4.69, 9.17) is 9.15 Å². The van der Waals surface area contributed by atoms with Gasteiger partial charge >= 0.3 is 0 Å². The number of carbonyl (C=O) groups excluding carboxylic acids is 1. The van der Waals surface area contributed by atoms with Crippen molar-refractivity contribution in [1.82, 2.24) is 5.32 Å². The van der Waals surface area contributed by atoms with Crippen LogP contribution >= 0.6 is 11.8 Å². The smallest absolute Gasteiger partial charge is 0.287 e. The lowest BCUT2D eigenvalue weighted by Crippen LogP contribution is -2.25. The highest BCUT2D eigenvalue weighted by Gasteiger charge is 2.17. The number of nitrogens with one attached hydrogen (secondary N) is 1. The lowest BCUT2D eigenvalue weighted by atomic mass is 10.1. The molecule has 3 rings (SSSR count). The zero-order chi connectivity index (χ0) is 17.6. The van der Waals surface area contributed by atoms with Gasteiger partial charge in [0.2, 0.25) is 0 Å². The van der Waals surface area contributed by atoms with Crippen LogP contribution in [0.4, 0.5) is 0 Å². The monoisotopic (exact) mass is 355 g/mol. The van der Waals surface area contributed by atoms with Gasteiger partial charge in [0.15, 0.2) is 5.76 Å². The van der Waals surface area contributed by atoms with Crippen molar-refractivity contribution in [3.63, 3.8) is 0 Å². The molecule has 0 radical (unpaired) electrons. The van der Waals surface area contributed by atoms with Gasteiger partial charge < -0.3 is 14.5 Å². The molecule has 1 amide bonds. The predicted octanol–water partition coefficient (Wildman–Crippen LogP) is 4.66. The first kappa shape index (κ1) is 17.4. The van der Waals surface area contributed by atoms with Gasteiger partial charge in [0.05, 0.1) is 6.61 Å². The number of aryl methyl sites for hydroxylation is 1. The molecule has 5 heteroatoms. The molecule has 2 aromatic carbocycles. The van der Waals surface area contributed by atoms with Crippen LogP contribution in [-0.2, 0) is 0 Å². The van der Waals surface area contributed by atoms with Crippen LogP contribution in [-0.4, -0.2) is 24.8 Å². The van der Waals surface area contributed by atoms with Crippen LogP contribution in [0.3, 0.4) is 0 Å². The molecule has 0 fully saturated rings. The Bertz CT molecular complexity index is 858. The molecule has 0 aliphatic carbocycles. The maximum atomic E-state index is 12.4. The van der Waals surface area contributed by atoms with Crippen molar-refractivity contribution >= 4 is 28.6 Å². The Kier molecular flexibility index (Phi) is 5.66. The topological polar surface area (TPSA) is 51.5 Å². The van der Waals surface area contributed by atoms with Crippen LogP contribution in [0.1, 0.15) is 23.0 Å². The third-order valence-corrected chi connectivity index (χ3v) is 4.84. The molecule has 0 bridgehead atoms. The van der Waals surface area contributed by atoms with E-state index < -0.39 is 0 Å². The first-order valence-corrected chi connectivity index (χ1v) is 9.29. The molecule has 1 heterocycles. The Balaban J connectivity index is 1.62. The normalized spacial score (nSPS) is 10.8. The molecule has 0 spiro atoms. The molecule has 25 heavy (non-hydrogen) atoms. The molecule has 0 aliphatic heterocycles. The molecule has 1 N–H and O–H groups in total. The van der Waals surface area contributed by atoms with Crippen LogP contribution in [0.5, 0.6) is 5.75 Å². The second-order valence-electron chi connectivity index (χ2n) is 5.56.